The van der Waals surface area contributed by atoms with Crippen molar-refractivity contribution in [2.75, 3.05) is 0 Å². The molecule has 0 fully saturated rings. The third-order valence-electron chi connectivity index (χ3n) is 13.2. The van der Waals surface area contributed by atoms with Gasteiger partial charge in [-0.15, -0.1) is 0 Å². The van der Waals surface area contributed by atoms with Gasteiger partial charge in [0, 0.05) is 0 Å². The number of hydrogen-bond acceptors (Lipinski definition) is 0. The molecule has 308 valence electrons. The summed E-state index contributed by atoms with van der Waals surface area (Å²) in [6.45, 7) is 0. The molecule has 0 amide bonds. The van der Waals surface area contributed by atoms with Crippen LogP contribution in [0.4, 0.5) is 0 Å². The molecular formula is C66H44. The molecule has 0 atom stereocenters. The van der Waals surface area contributed by atoms with Crippen LogP contribution in [0.2, 0.25) is 0 Å². The minimum Gasteiger partial charge on any atom is -0.0622 e. The van der Waals surface area contributed by atoms with Crippen LogP contribution in [0, 0.1) is 0 Å². The molecule has 12 rings (SSSR count). The monoisotopic (exact) mass is 836 g/mol. The van der Waals surface area contributed by atoms with E-state index in [0.29, 0.717) is 0 Å². The lowest BCUT2D eigenvalue weighted by Gasteiger charge is -2.20. The second-order valence-electron chi connectivity index (χ2n) is 17.1. The van der Waals surface area contributed by atoms with E-state index in [0.717, 1.165) is 11.1 Å². The minimum atomic E-state index is 1.15. The van der Waals surface area contributed by atoms with Crippen molar-refractivity contribution >= 4 is 55.2 Å². The van der Waals surface area contributed by atoms with Gasteiger partial charge in [0.15, 0.2) is 0 Å². The van der Waals surface area contributed by atoms with Crippen molar-refractivity contribution in [2.45, 2.75) is 0 Å². The molecule has 0 aromatic heterocycles. The molecule has 0 aliphatic carbocycles. The fraction of sp³-hybridized carbons (Fsp3) is 0. The van der Waals surface area contributed by atoms with E-state index in [-0.39, 0.29) is 0 Å². The maximum atomic E-state index is 2.34. The van der Waals surface area contributed by atoms with Gasteiger partial charge in [-0.3, -0.25) is 0 Å². The molecule has 0 bridgehead atoms. The van der Waals surface area contributed by atoms with Gasteiger partial charge in [-0.05, 0) is 133 Å². The summed E-state index contributed by atoms with van der Waals surface area (Å²) >= 11 is 0. The highest BCUT2D eigenvalue weighted by molar-refractivity contribution is 6.26. The van der Waals surface area contributed by atoms with E-state index in [9.17, 15) is 0 Å². The van der Waals surface area contributed by atoms with Crippen molar-refractivity contribution in [3.05, 3.63) is 266 Å². The number of benzene rings is 12. The van der Waals surface area contributed by atoms with Gasteiger partial charge in [-0.2, -0.15) is 0 Å². The van der Waals surface area contributed by atoms with E-state index in [1.807, 2.05) is 0 Å². The second kappa shape index (κ2) is 16.8. The Labute approximate surface area is 386 Å². The molecular weight excluding hydrogens is 793 g/mol. The quantitative estimate of drug-likeness (QED) is 0.106. The molecule has 12 aromatic rings. The van der Waals surface area contributed by atoms with Crippen molar-refractivity contribution in [1.82, 2.24) is 0 Å². The highest BCUT2D eigenvalue weighted by Gasteiger charge is 2.21. The van der Waals surface area contributed by atoms with E-state index < -0.39 is 0 Å². The van der Waals surface area contributed by atoms with Gasteiger partial charge in [-0.25, -0.2) is 0 Å². The molecule has 66 heavy (non-hydrogen) atoms. The Hall–Kier alpha value is -8.58. The van der Waals surface area contributed by atoms with Crippen LogP contribution in [-0.2, 0) is 0 Å². The van der Waals surface area contributed by atoms with Crippen LogP contribution in [0.3, 0.4) is 0 Å². The van der Waals surface area contributed by atoms with E-state index in [4.69, 9.17) is 0 Å². The average molecular weight is 837 g/mol. The molecule has 0 saturated carbocycles. The van der Waals surface area contributed by atoms with Gasteiger partial charge >= 0.3 is 0 Å². The first kappa shape index (κ1) is 39.0. The highest BCUT2D eigenvalue weighted by Crippen LogP contribution is 2.49. The van der Waals surface area contributed by atoms with Gasteiger partial charge in [0.05, 0.1) is 0 Å². The smallest absolute Gasteiger partial charge is 0.00141 e. The Balaban J connectivity index is 0.997. The third kappa shape index (κ3) is 6.88. The van der Waals surface area contributed by atoms with Crippen LogP contribution in [0.25, 0.3) is 122 Å². The molecule has 12 aromatic carbocycles. The summed E-state index contributed by atoms with van der Waals surface area (Å²) in [5.74, 6) is 0. The standard InChI is InChI=1S/C66H44/c1-5-23-47(24-6-1)61-55-33-13-15-35-57(55)63(49-27-9-3-10-28-49)65-53(37-19-39-59(61)65)51-31-17-21-45(43-51)41-42-46-22-18-32-52(44-46)54-38-20-40-60-62(48-25-7-2-8-26-48)56-34-14-16-36-58(56)64(66(54)60)50-29-11-4-12-30-50/h1-44H. The summed E-state index contributed by atoms with van der Waals surface area (Å²) in [5.41, 5.74) is 17.1. The first-order valence-electron chi connectivity index (χ1n) is 22.8. The summed E-state index contributed by atoms with van der Waals surface area (Å²) in [5, 5.41) is 10.1. The Bertz CT molecular complexity index is 3520. The SMILES string of the molecule is C(=Cc1cccc(-c2cccc3c(-c4ccccc4)c4ccccc4c(-c4ccccc4)c23)c1)c1cccc(-c2cccc3c(-c4ccccc4)c4ccccc4c(-c4ccccc4)c23)c1. The van der Waals surface area contributed by atoms with Crippen LogP contribution in [0.1, 0.15) is 11.1 Å². The number of fused-ring (bicyclic) bond motifs is 4. The number of hydrogen-bond donors (Lipinski definition) is 0. The van der Waals surface area contributed by atoms with Gasteiger partial charge < -0.3 is 0 Å². The molecule has 0 radical (unpaired) electrons. The van der Waals surface area contributed by atoms with Crippen LogP contribution in [0.5, 0.6) is 0 Å². The molecule has 0 heteroatoms. The van der Waals surface area contributed by atoms with Crippen LogP contribution >= 0.6 is 0 Å². The lowest BCUT2D eigenvalue weighted by Crippen LogP contribution is -1.93. The van der Waals surface area contributed by atoms with Gasteiger partial charge in [0.25, 0.3) is 0 Å². The lowest BCUT2D eigenvalue weighted by molar-refractivity contribution is 1.60. The van der Waals surface area contributed by atoms with Gasteiger partial charge in [0.1, 0.15) is 0 Å². The summed E-state index contributed by atoms with van der Waals surface area (Å²) < 4.78 is 0. The second-order valence-corrected chi connectivity index (χ2v) is 17.1. The van der Waals surface area contributed by atoms with Crippen molar-refractivity contribution in [1.29, 1.82) is 0 Å². The van der Waals surface area contributed by atoms with Crippen LogP contribution in [-0.4, -0.2) is 0 Å². The summed E-state index contributed by atoms with van der Waals surface area (Å²) in [6.07, 6.45) is 4.52. The Morgan fingerprint density at radius 1 is 0.197 bits per heavy atom. The van der Waals surface area contributed by atoms with Crippen molar-refractivity contribution in [3.8, 4) is 66.8 Å². The zero-order chi connectivity index (χ0) is 43.8. The first-order valence-corrected chi connectivity index (χ1v) is 22.8. The lowest BCUT2D eigenvalue weighted by atomic mass is 9.83. The Morgan fingerprint density at radius 3 is 0.833 bits per heavy atom. The first-order chi connectivity index (χ1) is 32.8. The fourth-order valence-electron chi connectivity index (χ4n) is 10.4. The Kier molecular flexibility index (Phi) is 9.97. The maximum absolute atomic E-state index is 2.34. The highest BCUT2D eigenvalue weighted by atomic mass is 14.2. The zero-order valence-electron chi connectivity index (χ0n) is 36.4. The molecule has 0 aliphatic heterocycles. The largest absolute Gasteiger partial charge is 0.0622 e. The zero-order valence-corrected chi connectivity index (χ0v) is 36.4. The summed E-state index contributed by atoms with van der Waals surface area (Å²) in [7, 11) is 0. The predicted molar refractivity (Wildman–Crippen MR) is 284 cm³/mol. The normalized spacial score (nSPS) is 11.6. The van der Waals surface area contributed by atoms with Crippen LogP contribution < -0.4 is 0 Å². The van der Waals surface area contributed by atoms with E-state index in [2.05, 4.69) is 267 Å². The van der Waals surface area contributed by atoms with Gasteiger partial charge in [-0.1, -0.05) is 255 Å². The molecule has 0 heterocycles. The topological polar surface area (TPSA) is 0 Å². The van der Waals surface area contributed by atoms with Crippen molar-refractivity contribution < 1.29 is 0 Å². The minimum absolute atomic E-state index is 1.15. The summed E-state index contributed by atoms with van der Waals surface area (Å²) in [4.78, 5) is 0. The fourth-order valence-corrected chi connectivity index (χ4v) is 10.4. The molecule has 0 spiro atoms. The predicted octanol–water partition coefficient (Wildman–Crippen LogP) is 18.5. The average Bonchev–Trinajstić information content (AvgIpc) is 3.39. The molecule has 0 saturated heterocycles. The Morgan fingerprint density at radius 2 is 0.470 bits per heavy atom. The van der Waals surface area contributed by atoms with Gasteiger partial charge in [0.2, 0.25) is 0 Å². The molecule has 0 N–H and O–H groups in total. The summed E-state index contributed by atoms with van der Waals surface area (Å²) in [6, 6.07) is 93.0. The number of rotatable bonds is 8. The van der Waals surface area contributed by atoms with E-state index in [1.54, 1.807) is 0 Å². The van der Waals surface area contributed by atoms with Crippen LogP contribution in [0.15, 0.2) is 255 Å². The van der Waals surface area contributed by atoms with E-state index in [1.165, 1.54) is 110 Å². The maximum Gasteiger partial charge on any atom is -0.00141 e. The molecule has 0 unspecified atom stereocenters. The molecule has 0 nitrogen and oxygen atoms in total. The van der Waals surface area contributed by atoms with Crippen molar-refractivity contribution in [3.63, 3.8) is 0 Å². The third-order valence-corrected chi connectivity index (χ3v) is 13.2. The molecule has 0 aliphatic rings. The van der Waals surface area contributed by atoms with E-state index >= 15 is 0 Å². The van der Waals surface area contributed by atoms with Crippen molar-refractivity contribution in [2.24, 2.45) is 0 Å².